The van der Waals surface area contributed by atoms with Gasteiger partial charge >= 0.3 is 0 Å². The third-order valence-electron chi connectivity index (χ3n) is 4.34. The monoisotopic (exact) mass is 310 g/mol. The number of amides is 1. The van der Waals surface area contributed by atoms with E-state index in [2.05, 4.69) is 27.2 Å². The van der Waals surface area contributed by atoms with E-state index in [1.807, 2.05) is 18.2 Å². The van der Waals surface area contributed by atoms with E-state index < -0.39 is 0 Å². The summed E-state index contributed by atoms with van der Waals surface area (Å²) in [6.45, 7) is 1.80. The van der Waals surface area contributed by atoms with Gasteiger partial charge in [0, 0.05) is 31.6 Å². The van der Waals surface area contributed by atoms with Crippen molar-refractivity contribution in [3.05, 3.63) is 41.3 Å². The SMILES string of the molecule is CN1CCc2ncnc(Oc3ccc4c(c3)CCC(=O)N4)c2C1. The standard InChI is InChI=1S/C17H18N4O2/c1-21-7-6-15-13(9-21)17(19-10-18-15)23-12-3-4-14-11(8-12)2-5-16(22)20-14/h3-4,8,10H,2,5-7,9H2,1H3,(H,20,22). The fourth-order valence-electron chi connectivity index (χ4n) is 3.07. The second kappa shape index (κ2) is 5.62. The molecule has 0 fully saturated rings. The first-order valence-corrected chi connectivity index (χ1v) is 7.81. The van der Waals surface area contributed by atoms with E-state index in [0.29, 0.717) is 12.3 Å². The third-order valence-corrected chi connectivity index (χ3v) is 4.34. The van der Waals surface area contributed by atoms with E-state index in [4.69, 9.17) is 4.74 Å². The van der Waals surface area contributed by atoms with Gasteiger partial charge < -0.3 is 15.0 Å². The summed E-state index contributed by atoms with van der Waals surface area (Å²) in [5.74, 6) is 1.44. The molecule has 118 valence electrons. The van der Waals surface area contributed by atoms with Crippen molar-refractivity contribution in [2.24, 2.45) is 0 Å². The van der Waals surface area contributed by atoms with Crippen molar-refractivity contribution < 1.29 is 9.53 Å². The molecule has 2 aromatic rings. The van der Waals surface area contributed by atoms with Crippen molar-refractivity contribution in [3.8, 4) is 11.6 Å². The summed E-state index contributed by atoms with van der Waals surface area (Å²) >= 11 is 0. The molecule has 0 unspecified atom stereocenters. The summed E-state index contributed by atoms with van der Waals surface area (Å²) in [6.07, 6.45) is 3.74. The summed E-state index contributed by atoms with van der Waals surface area (Å²) < 4.78 is 6.03. The van der Waals surface area contributed by atoms with E-state index in [0.717, 1.165) is 54.2 Å². The number of hydrogen-bond donors (Lipinski definition) is 1. The average molecular weight is 310 g/mol. The number of nitrogens with one attached hydrogen (secondary N) is 1. The number of aryl methyl sites for hydroxylation is 1. The Labute approximate surface area is 134 Å². The number of likely N-dealkylation sites (N-methyl/N-ethyl adjacent to an activating group) is 1. The molecule has 6 heteroatoms. The zero-order valence-corrected chi connectivity index (χ0v) is 13.0. The minimum absolute atomic E-state index is 0.0686. The smallest absolute Gasteiger partial charge is 0.227 e. The molecule has 0 bridgehead atoms. The van der Waals surface area contributed by atoms with E-state index in [9.17, 15) is 4.79 Å². The van der Waals surface area contributed by atoms with Gasteiger partial charge in [0.1, 0.15) is 12.1 Å². The van der Waals surface area contributed by atoms with Gasteiger partial charge in [-0.15, -0.1) is 0 Å². The van der Waals surface area contributed by atoms with Crippen LogP contribution in [0.25, 0.3) is 0 Å². The second-order valence-corrected chi connectivity index (χ2v) is 6.06. The molecule has 1 aromatic carbocycles. The first-order chi connectivity index (χ1) is 11.2. The van der Waals surface area contributed by atoms with Crippen molar-refractivity contribution in [3.63, 3.8) is 0 Å². The summed E-state index contributed by atoms with van der Waals surface area (Å²) in [4.78, 5) is 22.4. The maximum Gasteiger partial charge on any atom is 0.227 e. The summed E-state index contributed by atoms with van der Waals surface area (Å²) in [7, 11) is 2.08. The predicted octanol–water partition coefficient (Wildman–Crippen LogP) is 2.14. The number of fused-ring (bicyclic) bond motifs is 2. The van der Waals surface area contributed by atoms with Crippen molar-refractivity contribution in [2.45, 2.75) is 25.8 Å². The zero-order chi connectivity index (χ0) is 15.8. The van der Waals surface area contributed by atoms with Crippen LogP contribution in [0.1, 0.15) is 23.2 Å². The Bertz CT molecular complexity index is 775. The summed E-state index contributed by atoms with van der Waals surface area (Å²) in [5.41, 5.74) is 4.10. The number of nitrogens with zero attached hydrogens (tertiary/aromatic N) is 3. The Morgan fingerprint density at radius 1 is 1.22 bits per heavy atom. The van der Waals surface area contributed by atoms with Crippen LogP contribution in [0.15, 0.2) is 24.5 Å². The Morgan fingerprint density at radius 3 is 3.04 bits per heavy atom. The van der Waals surface area contributed by atoms with Crippen LogP contribution in [0.4, 0.5) is 5.69 Å². The summed E-state index contributed by atoms with van der Waals surface area (Å²) in [5, 5.41) is 2.88. The van der Waals surface area contributed by atoms with Crippen molar-refractivity contribution in [1.29, 1.82) is 0 Å². The van der Waals surface area contributed by atoms with Crippen LogP contribution in [0.2, 0.25) is 0 Å². The first kappa shape index (κ1) is 14.1. The van der Waals surface area contributed by atoms with E-state index in [-0.39, 0.29) is 5.91 Å². The maximum atomic E-state index is 11.4. The molecule has 0 saturated carbocycles. The van der Waals surface area contributed by atoms with E-state index >= 15 is 0 Å². The first-order valence-electron chi connectivity index (χ1n) is 7.81. The van der Waals surface area contributed by atoms with Gasteiger partial charge in [-0.3, -0.25) is 4.79 Å². The predicted molar refractivity (Wildman–Crippen MR) is 85.5 cm³/mol. The Balaban J connectivity index is 1.63. The highest BCUT2D eigenvalue weighted by Gasteiger charge is 2.21. The second-order valence-electron chi connectivity index (χ2n) is 6.06. The molecule has 3 heterocycles. The molecule has 0 saturated heterocycles. The zero-order valence-electron chi connectivity index (χ0n) is 13.0. The quantitative estimate of drug-likeness (QED) is 0.920. The van der Waals surface area contributed by atoms with Crippen molar-refractivity contribution >= 4 is 11.6 Å². The van der Waals surface area contributed by atoms with Gasteiger partial charge in [0.2, 0.25) is 11.8 Å². The number of aromatic nitrogens is 2. The van der Waals surface area contributed by atoms with Crippen LogP contribution in [-0.4, -0.2) is 34.4 Å². The highest BCUT2D eigenvalue weighted by atomic mass is 16.5. The van der Waals surface area contributed by atoms with Crippen LogP contribution in [-0.2, 0) is 24.2 Å². The van der Waals surface area contributed by atoms with Crippen molar-refractivity contribution in [2.75, 3.05) is 18.9 Å². The molecule has 2 aliphatic heterocycles. The van der Waals surface area contributed by atoms with Gasteiger partial charge in [-0.1, -0.05) is 0 Å². The molecule has 1 aromatic heterocycles. The Morgan fingerprint density at radius 2 is 2.13 bits per heavy atom. The Kier molecular flexibility index (Phi) is 3.46. The molecule has 6 nitrogen and oxygen atoms in total. The van der Waals surface area contributed by atoms with E-state index in [1.165, 1.54) is 0 Å². The number of anilines is 1. The molecule has 0 aliphatic carbocycles. The minimum atomic E-state index is 0.0686. The molecule has 23 heavy (non-hydrogen) atoms. The van der Waals surface area contributed by atoms with Crippen LogP contribution < -0.4 is 10.1 Å². The summed E-state index contributed by atoms with van der Waals surface area (Å²) in [6, 6.07) is 5.74. The van der Waals surface area contributed by atoms with Gasteiger partial charge in [-0.05, 0) is 37.2 Å². The number of hydrogen-bond acceptors (Lipinski definition) is 5. The molecule has 0 radical (unpaired) electrons. The molecular formula is C17H18N4O2. The average Bonchev–Trinajstić information content (AvgIpc) is 2.55. The van der Waals surface area contributed by atoms with Gasteiger partial charge in [0.15, 0.2) is 0 Å². The number of carbonyl (C=O) groups excluding carboxylic acids is 1. The number of benzene rings is 1. The fourth-order valence-corrected chi connectivity index (χ4v) is 3.07. The molecular weight excluding hydrogens is 292 g/mol. The normalized spacial score (nSPS) is 17.2. The van der Waals surface area contributed by atoms with Gasteiger partial charge in [-0.25, -0.2) is 9.97 Å². The van der Waals surface area contributed by atoms with Gasteiger partial charge in [-0.2, -0.15) is 0 Å². The van der Waals surface area contributed by atoms with Crippen LogP contribution in [0.3, 0.4) is 0 Å². The van der Waals surface area contributed by atoms with Crippen LogP contribution in [0, 0.1) is 0 Å². The van der Waals surface area contributed by atoms with E-state index in [1.54, 1.807) is 6.33 Å². The lowest BCUT2D eigenvalue weighted by molar-refractivity contribution is -0.116. The lowest BCUT2D eigenvalue weighted by Gasteiger charge is -2.25. The largest absolute Gasteiger partial charge is 0.439 e. The Hall–Kier alpha value is -2.47. The molecule has 1 N–H and O–H groups in total. The van der Waals surface area contributed by atoms with Gasteiger partial charge in [0.05, 0.1) is 11.3 Å². The highest BCUT2D eigenvalue weighted by molar-refractivity contribution is 5.94. The topological polar surface area (TPSA) is 67.3 Å². The molecule has 0 atom stereocenters. The molecule has 0 spiro atoms. The maximum absolute atomic E-state index is 11.4. The number of rotatable bonds is 2. The third kappa shape index (κ3) is 2.77. The van der Waals surface area contributed by atoms with Gasteiger partial charge in [0.25, 0.3) is 0 Å². The highest BCUT2D eigenvalue weighted by Crippen LogP contribution is 2.31. The fraction of sp³-hybridized carbons (Fsp3) is 0.353. The lowest BCUT2D eigenvalue weighted by atomic mass is 10.0. The number of carbonyl (C=O) groups is 1. The molecule has 1 amide bonds. The van der Waals surface area contributed by atoms with Crippen LogP contribution in [0.5, 0.6) is 11.6 Å². The van der Waals surface area contributed by atoms with Crippen LogP contribution >= 0.6 is 0 Å². The van der Waals surface area contributed by atoms with Crippen molar-refractivity contribution in [1.82, 2.24) is 14.9 Å². The minimum Gasteiger partial charge on any atom is -0.439 e. The number of ether oxygens (including phenoxy) is 1. The lowest BCUT2D eigenvalue weighted by Crippen LogP contribution is -2.27. The molecule has 4 rings (SSSR count). The molecule has 2 aliphatic rings.